The number of nitrogens with zero attached hydrogens (tertiary/aromatic N) is 1. The summed E-state index contributed by atoms with van der Waals surface area (Å²) in [6, 6.07) is 6.84. The average Bonchev–Trinajstić information content (AvgIpc) is 2.80. The number of aryl methyl sites for hydroxylation is 1. The third kappa shape index (κ3) is 2.90. The van der Waals surface area contributed by atoms with Gasteiger partial charge in [-0.25, -0.2) is 0 Å². The summed E-state index contributed by atoms with van der Waals surface area (Å²) >= 11 is 6.22. The van der Waals surface area contributed by atoms with Gasteiger partial charge in [0.15, 0.2) is 0 Å². The van der Waals surface area contributed by atoms with Gasteiger partial charge in [0.2, 0.25) is 0 Å². The molecule has 0 radical (unpaired) electrons. The second kappa shape index (κ2) is 5.98. The van der Waals surface area contributed by atoms with E-state index in [1.165, 1.54) is 30.4 Å². The van der Waals surface area contributed by atoms with Gasteiger partial charge < -0.3 is 11.5 Å². The van der Waals surface area contributed by atoms with Crippen molar-refractivity contribution in [1.82, 2.24) is 4.90 Å². The van der Waals surface area contributed by atoms with Crippen molar-refractivity contribution in [3.8, 4) is 0 Å². The Hall–Kier alpha value is -0.610. The molecule has 2 aliphatic carbocycles. The first-order valence-corrected chi connectivity index (χ1v) is 9.84. The van der Waals surface area contributed by atoms with Crippen LogP contribution < -0.4 is 11.5 Å². The summed E-state index contributed by atoms with van der Waals surface area (Å²) in [5.74, 6) is 0.634. The molecule has 1 aliphatic heterocycles. The first-order chi connectivity index (χ1) is 11.4. The Morgan fingerprint density at radius 3 is 2.58 bits per heavy atom. The number of halogens is 1. The number of fused-ring (bicyclic) bond motifs is 2. The van der Waals surface area contributed by atoms with Crippen molar-refractivity contribution in [3.05, 3.63) is 34.3 Å². The number of benzene rings is 1. The lowest BCUT2D eigenvalue weighted by atomic mass is 9.74. The van der Waals surface area contributed by atoms with Crippen LogP contribution in [0.1, 0.15) is 62.0 Å². The minimum atomic E-state index is -0.0498. The zero-order valence-electron chi connectivity index (χ0n) is 14.7. The molecule has 1 heterocycles. The predicted octanol–water partition coefficient (Wildman–Crippen LogP) is 3.57. The lowest BCUT2D eigenvalue weighted by molar-refractivity contribution is 0.0619. The molecule has 0 amide bonds. The fraction of sp³-hybridized carbons (Fsp3) is 0.700. The molecule has 132 valence electrons. The molecule has 2 bridgehead atoms. The third-order valence-electron chi connectivity index (χ3n) is 7.00. The van der Waals surface area contributed by atoms with Crippen LogP contribution in [0.3, 0.4) is 0 Å². The average molecular weight is 348 g/mol. The molecule has 1 unspecified atom stereocenters. The van der Waals surface area contributed by atoms with E-state index >= 15 is 0 Å². The Morgan fingerprint density at radius 2 is 1.83 bits per heavy atom. The first kappa shape index (κ1) is 16.8. The Balaban J connectivity index is 1.44. The van der Waals surface area contributed by atoms with E-state index in [-0.39, 0.29) is 11.1 Å². The van der Waals surface area contributed by atoms with Crippen LogP contribution in [0.2, 0.25) is 5.02 Å². The van der Waals surface area contributed by atoms with E-state index in [2.05, 4.69) is 24.0 Å². The highest BCUT2D eigenvalue weighted by Crippen LogP contribution is 2.47. The molecule has 3 nitrogen and oxygen atoms in total. The Morgan fingerprint density at radius 1 is 1.08 bits per heavy atom. The molecule has 4 heteroatoms. The second-order valence-electron chi connectivity index (χ2n) is 8.64. The molecule has 1 aromatic carbocycles. The summed E-state index contributed by atoms with van der Waals surface area (Å²) in [5.41, 5.74) is 16.1. The topological polar surface area (TPSA) is 55.3 Å². The van der Waals surface area contributed by atoms with E-state index < -0.39 is 0 Å². The lowest BCUT2D eigenvalue weighted by Gasteiger charge is -2.49. The van der Waals surface area contributed by atoms with E-state index in [0.29, 0.717) is 12.0 Å². The van der Waals surface area contributed by atoms with Crippen LogP contribution in [-0.4, -0.2) is 35.1 Å². The molecule has 2 saturated carbocycles. The molecule has 0 aromatic heterocycles. The standard InChI is InChI=1S/C20H30ClN3/c1-14-2-3-16(21)12-17(14)15-5-10-24(11-6-15)18-4-7-19(22)8-9-20(18,23)13-19/h2-3,12,15,18H,4-11,13,22-23H2,1H3/t18?,19-,20-/m1/s1. The van der Waals surface area contributed by atoms with Crippen molar-refractivity contribution < 1.29 is 0 Å². The highest BCUT2D eigenvalue weighted by atomic mass is 35.5. The molecule has 1 aromatic rings. The Bertz CT molecular complexity index is 625. The van der Waals surface area contributed by atoms with Crippen LogP contribution in [0.15, 0.2) is 18.2 Å². The fourth-order valence-corrected chi connectivity index (χ4v) is 5.82. The zero-order valence-corrected chi connectivity index (χ0v) is 15.5. The molecular weight excluding hydrogens is 318 g/mol. The number of nitrogens with two attached hydrogens (primary N) is 2. The van der Waals surface area contributed by atoms with E-state index in [9.17, 15) is 0 Å². The molecule has 3 fully saturated rings. The van der Waals surface area contributed by atoms with Gasteiger partial charge in [-0.1, -0.05) is 17.7 Å². The van der Waals surface area contributed by atoms with Gasteiger partial charge >= 0.3 is 0 Å². The maximum absolute atomic E-state index is 6.81. The Kier molecular flexibility index (Phi) is 4.20. The minimum Gasteiger partial charge on any atom is -0.325 e. The van der Waals surface area contributed by atoms with Crippen molar-refractivity contribution in [2.45, 2.75) is 74.9 Å². The molecule has 1 saturated heterocycles. The molecule has 3 aliphatic rings. The normalized spacial score (nSPS) is 37.8. The number of piperidine rings is 1. The van der Waals surface area contributed by atoms with Gasteiger partial charge in [-0.15, -0.1) is 0 Å². The maximum atomic E-state index is 6.81. The largest absolute Gasteiger partial charge is 0.325 e. The predicted molar refractivity (Wildman–Crippen MR) is 100 cm³/mol. The van der Waals surface area contributed by atoms with Gasteiger partial charge in [0.25, 0.3) is 0 Å². The second-order valence-corrected chi connectivity index (χ2v) is 9.07. The molecule has 4 rings (SSSR count). The summed E-state index contributed by atoms with van der Waals surface area (Å²) in [6.45, 7) is 4.50. The van der Waals surface area contributed by atoms with Crippen LogP contribution in [0.4, 0.5) is 0 Å². The Labute approximate surface area is 150 Å². The van der Waals surface area contributed by atoms with Crippen molar-refractivity contribution in [3.63, 3.8) is 0 Å². The van der Waals surface area contributed by atoms with Crippen LogP contribution >= 0.6 is 11.6 Å². The number of hydrogen-bond donors (Lipinski definition) is 2. The third-order valence-corrected chi connectivity index (χ3v) is 7.24. The van der Waals surface area contributed by atoms with Gasteiger partial charge in [-0.05, 0) is 94.1 Å². The number of rotatable bonds is 2. The summed E-state index contributed by atoms with van der Waals surface area (Å²) in [6.07, 6.45) is 7.96. The van der Waals surface area contributed by atoms with Crippen LogP contribution in [0.5, 0.6) is 0 Å². The maximum Gasteiger partial charge on any atom is 0.0409 e. The summed E-state index contributed by atoms with van der Waals surface area (Å²) < 4.78 is 0. The highest BCUT2D eigenvalue weighted by molar-refractivity contribution is 6.30. The molecule has 24 heavy (non-hydrogen) atoms. The van der Waals surface area contributed by atoms with Gasteiger partial charge in [0, 0.05) is 22.1 Å². The fourth-order valence-electron chi connectivity index (χ4n) is 5.64. The van der Waals surface area contributed by atoms with E-state index in [4.69, 9.17) is 23.1 Å². The first-order valence-electron chi connectivity index (χ1n) is 9.46. The number of hydrogen-bond acceptors (Lipinski definition) is 3. The van der Waals surface area contributed by atoms with Gasteiger partial charge in [-0.3, -0.25) is 4.90 Å². The molecular formula is C20H30ClN3. The highest BCUT2D eigenvalue weighted by Gasteiger charge is 2.53. The van der Waals surface area contributed by atoms with Gasteiger partial charge in [-0.2, -0.15) is 0 Å². The minimum absolute atomic E-state index is 0.0292. The van der Waals surface area contributed by atoms with Crippen molar-refractivity contribution >= 4 is 11.6 Å². The van der Waals surface area contributed by atoms with Crippen molar-refractivity contribution in [2.24, 2.45) is 11.5 Å². The van der Waals surface area contributed by atoms with Gasteiger partial charge in [0.05, 0.1) is 0 Å². The SMILES string of the molecule is Cc1ccc(Cl)cc1C1CCN(C2CC[C@@]3(N)CC[C@@]2(N)C3)CC1. The number of likely N-dealkylation sites (tertiary alicyclic amines) is 1. The van der Waals surface area contributed by atoms with Gasteiger partial charge in [0.1, 0.15) is 0 Å². The summed E-state index contributed by atoms with van der Waals surface area (Å²) in [5, 5.41) is 0.858. The van der Waals surface area contributed by atoms with E-state index in [1.54, 1.807) is 0 Å². The van der Waals surface area contributed by atoms with Crippen molar-refractivity contribution in [2.75, 3.05) is 13.1 Å². The smallest absolute Gasteiger partial charge is 0.0409 e. The zero-order chi connectivity index (χ0) is 16.9. The van der Waals surface area contributed by atoms with E-state index in [1.807, 2.05) is 6.07 Å². The molecule has 4 N–H and O–H groups in total. The van der Waals surface area contributed by atoms with Crippen LogP contribution in [-0.2, 0) is 0 Å². The summed E-state index contributed by atoms with van der Waals surface area (Å²) in [4.78, 5) is 2.67. The summed E-state index contributed by atoms with van der Waals surface area (Å²) in [7, 11) is 0. The van der Waals surface area contributed by atoms with Crippen molar-refractivity contribution in [1.29, 1.82) is 0 Å². The lowest BCUT2D eigenvalue weighted by Crippen LogP contribution is -2.62. The molecule has 0 spiro atoms. The van der Waals surface area contributed by atoms with Crippen LogP contribution in [0.25, 0.3) is 0 Å². The van der Waals surface area contributed by atoms with E-state index in [0.717, 1.165) is 43.8 Å². The van der Waals surface area contributed by atoms with Crippen LogP contribution in [0, 0.1) is 6.92 Å². The molecule has 3 atom stereocenters. The quantitative estimate of drug-likeness (QED) is 0.859. The monoisotopic (exact) mass is 347 g/mol.